The molecule has 0 spiro atoms. The number of alkyl halides is 3. The quantitative estimate of drug-likeness (QED) is 0.671. The first-order valence-corrected chi connectivity index (χ1v) is 6.19. The van der Waals surface area contributed by atoms with E-state index in [4.69, 9.17) is 0 Å². The van der Waals surface area contributed by atoms with Crippen LogP contribution in [0.5, 0.6) is 0 Å². The summed E-state index contributed by atoms with van der Waals surface area (Å²) in [5.41, 5.74) is 0. The minimum Gasteiger partial charge on any atom is -0.314 e. The first-order valence-electron chi connectivity index (χ1n) is 6.19. The van der Waals surface area contributed by atoms with Crippen LogP contribution in [0.2, 0.25) is 0 Å². The van der Waals surface area contributed by atoms with E-state index in [9.17, 15) is 13.2 Å². The van der Waals surface area contributed by atoms with E-state index in [0.29, 0.717) is 12.3 Å². The predicted octanol–water partition coefficient (Wildman–Crippen LogP) is 4.13. The van der Waals surface area contributed by atoms with E-state index in [0.717, 1.165) is 19.4 Å². The van der Waals surface area contributed by atoms with Gasteiger partial charge in [0, 0.05) is 12.5 Å². The molecule has 0 heterocycles. The van der Waals surface area contributed by atoms with Gasteiger partial charge in [0.2, 0.25) is 0 Å². The fourth-order valence-electron chi connectivity index (χ4n) is 1.79. The maximum absolute atomic E-state index is 12.0. The van der Waals surface area contributed by atoms with Crippen molar-refractivity contribution in [2.45, 2.75) is 65.1 Å². The van der Waals surface area contributed by atoms with Crippen LogP contribution in [-0.4, -0.2) is 18.8 Å². The summed E-state index contributed by atoms with van der Waals surface area (Å²) >= 11 is 0. The molecule has 0 aliphatic heterocycles. The van der Waals surface area contributed by atoms with Crippen LogP contribution in [0, 0.1) is 5.92 Å². The third-order valence-electron chi connectivity index (χ3n) is 2.89. The Morgan fingerprint density at radius 3 is 2.25 bits per heavy atom. The smallest absolute Gasteiger partial charge is 0.314 e. The highest BCUT2D eigenvalue weighted by Crippen LogP contribution is 2.23. The number of rotatable bonds is 8. The molecule has 98 valence electrons. The van der Waals surface area contributed by atoms with E-state index in [-0.39, 0.29) is 12.5 Å². The van der Waals surface area contributed by atoms with Gasteiger partial charge in [0.05, 0.1) is 0 Å². The molecule has 0 aromatic rings. The second-order valence-corrected chi connectivity index (χ2v) is 4.51. The number of hydrogen-bond donors (Lipinski definition) is 1. The van der Waals surface area contributed by atoms with E-state index in [1.807, 2.05) is 6.92 Å². The van der Waals surface area contributed by atoms with E-state index in [1.165, 1.54) is 0 Å². The first kappa shape index (κ1) is 15.8. The predicted molar refractivity (Wildman–Crippen MR) is 61.4 cm³/mol. The van der Waals surface area contributed by atoms with Gasteiger partial charge < -0.3 is 5.32 Å². The van der Waals surface area contributed by atoms with Gasteiger partial charge in [-0.1, -0.05) is 27.2 Å². The Bertz CT molecular complexity index is 168. The molecule has 0 fully saturated rings. The summed E-state index contributed by atoms with van der Waals surface area (Å²) in [5.74, 6) is 0.579. The normalized spacial score (nSPS) is 16.1. The summed E-state index contributed by atoms with van der Waals surface area (Å²) in [6.45, 7) is 7.08. The second kappa shape index (κ2) is 7.93. The lowest BCUT2D eigenvalue weighted by atomic mass is 9.96. The summed E-state index contributed by atoms with van der Waals surface area (Å²) in [4.78, 5) is 0. The third kappa shape index (κ3) is 9.01. The highest BCUT2D eigenvalue weighted by atomic mass is 19.4. The van der Waals surface area contributed by atoms with Crippen LogP contribution in [-0.2, 0) is 0 Å². The van der Waals surface area contributed by atoms with Crippen LogP contribution in [0.15, 0.2) is 0 Å². The van der Waals surface area contributed by atoms with Crippen molar-refractivity contribution in [1.29, 1.82) is 0 Å². The molecular weight excluding hydrogens is 215 g/mol. The number of halogens is 3. The van der Waals surface area contributed by atoms with E-state index in [1.54, 1.807) is 0 Å². The first-order chi connectivity index (χ1) is 7.39. The minimum atomic E-state index is -4.01. The molecule has 0 aromatic heterocycles. The van der Waals surface area contributed by atoms with Gasteiger partial charge in [-0.15, -0.1) is 0 Å². The van der Waals surface area contributed by atoms with Crippen LogP contribution < -0.4 is 5.32 Å². The molecule has 2 unspecified atom stereocenters. The molecule has 0 bridgehead atoms. The Balaban J connectivity index is 3.84. The Morgan fingerprint density at radius 1 is 1.19 bits per heavy atom. The van der Waals surface area contributed by atoms with Crippen molar-refractivity contribution < 1.29 is 13.2 Å². The average Bonchev–Trinajstić information content (AvgIpc) is 2.15. The molecule has 1 nitrogen and oxygen atoms in total. The van der Waals surface area contributed by atoms with E-state index < -0.39 is 12.6 Å². The van der Waals surface area contributed by atoms with Gasteiger partial charge in [0.15, 0.2) is 0 Å². The van der Waals surface area contributed by atoms with Gasteiger partial charge in [-0.25, -0.2) is 0 Å². The standard InChI is InChI=1S/C12H24F3N/c1-4-10(3)9-11(16-5-2)7-6-8-12(13,14)15/h10-11,16H,4-9H2,1-3H3. The lowest BCUT2D eigenvalue weighted by molar-refractivity contribution is -0.135. The van der Waals surface area contributed by atoms with Gasteiger partial charge in [0.25, 0.3) is 0 Å². The van der Waals surface area contributed by atoms with E-state index >= 15 is 0 Å². The molecule has 0 aliphatic carbocycles. The van der Waals surface area contributed by atoms with Gasteiger partial charge in [-0.3, -0.25) is 0 Å². The summed E-state index contributed by atoms with van der Waals surface area (Å²) in [7, 11) is 0. The maximum atomic E-state index is 12.0. The number of hydrogen-bond acceptors (Lipinski definition) is 1. The fraction of sp³-hybridized carbons (Fsp3) is 1.00. The molecule has 0 rings (SSSR count). The summed E-state index contributed by atoms with van der Waals surface area (Å²) < 4.78 is 36.0. The van der Waals surface area contributed by atoms with E-state index in [2.05, 4.69) is 19.2 Å². The zero-order valence-electron chi connectivity index (χ0n) is 10.5. The zero-order valence-corrected chi connectivity index (χ0v) is 10.5. The SMILES string of the molecule is CCNC(CCCC(F)(F)F)CC(C)CC. The topological polar surface area (TPSA) is 12.0 Å². The van der Waals surface area contributed by atoms with Gasteiger partial charge in [-0.2, -0.15) is 13.2 Å². The Kier molecular flexibility index (Phi) is 7.81. The highest BCUT2D eigenvalue weighted by molar-refractivity contribution is 4.70. The van der Waals surface area contributed by atoms with Gasteiger partial charge in [-0.05, 0) is 31.7 Å². The Labute approximate surface area is 96.8 Å². The van der Waals surface area contributed by atoms with Crippen molar-refractivity contribution in [3.8, 4) is 0 Å². The van der Waals surface area contributed by atoms with Crippen LogP contribution in [0.4, 0.5) is 13.2 Å². The molecular formula is C12H24F3N. The molecule has 0 saturated heterocycles. The van der Waals surface area contributed by atoms with Crippen LogP contribution in [0.1, 0.15) is 52.9 Å². The van der Waals surface area contributed by atoms with Crippen molar-refractivity contribution >= 4 is 0 Å². The van der Waals surface area contributed by atoms with Crippen LogP contribution >= 0.6 is 0 Å². The number of nitrogens with one attached hydrogen (secondary N) is 1. The molecule has 0 radical (unpaired) electrons. The molecule has 2 atom stereocenters. The molecule has 0 saturated carbocycles. The highest BCUT2D eigenvalue weighted by Gasteiger charge is 2.26. The summed E-state index contributed by atoms with van der Waals surface area (Å²) in [5, 5.41) is 3.27. The lowest BCUT2D eigenvalue weighted by Crippen LogP contribution is -2.30. The molecule has 0 amide bonds. The van der Waals surface area contributed by atoms with Crippen molar-refractivity contribution in [1.82, 2.24) is 5.32 Å². The second-order valence-electron chi connectivity index (χ2n) is 4.51. The molecule has 0 aromatic carbocycles. The summed E-state index contributed by atoms with van der Waals surface area (Å²) in [6, 6.07) is 0.238. The van der Waals surface area contributed by atoms with Crippen molar-refractivity contribution in [3.05, 3.63) is 0 Å². The molecule has 16 heavy (non-hydrogen) atoms. The Morgan fingerprint density at radius 2 is 1.81 bits per heavy atom. The van der Waals surface area contributed by atoms with Crippen molar-refractivity contribution in [2.24, 2.45) is 5.92 Å². The average molecular weight is 239 g/mol. The van der Waals surface area contributed by atoms with Gasteiger partial charge in [0.1, 0.15) is 0 Å². The zero-order chi connectivity index (χ0) is 12.6. The monoisotopic (exact) mass is 239 g/mol. The third-order valence-corrected chi connectivity index (χ3v) is 2.89. The largest absolute Gasteiger partial charge is 0.389 e. The molecule has 0 aliphatic rings. The molecule has 1 N–H and O–H groups in total. The minimum absolute atomic E-state index is 0.234. The van der Waals surface area contributed by atoms with Crippen molar-refractivity contribution in [3.63, 3.8) is 0 Å². The van der Waals surface area contributed by atoms with Crippen molar-refractivity contribution in [2.75, 3.05) is 6.54 Å². The van der Waals surface area contributed by atoms with Gasteiger partial charge >= 0.3 is 6.18 Å². The molecule has 4 heteroatoms. The Hall–Kier alpha value is -0.250. The maximum Gasteiger partial charge on any atom is 0.389 e. The fourth-order valence-corrected chi connectivity index (χ4v) is 1.79. The summed E-state index contributed by atoms with van der Waals surface area (Å²) in [6.07, 6.45) is -1.75. The lowest BCUT2D eigenvalue weighted by Gasteiger charge is -2.21. The van der Waals surface area contributed by atoms with Crippen LogP contribution in [0.3, 0.4) is 0 Å². The van der Waals surface area contributed by atoms with Crippen LogP contribution in [0.25, 0.3) is 0 Å².